The molecule has 0 bridgehead atoms. The normalized spacial score (nSPS) is 26.2. The smallest absolute Gasteiger partial charge is 0.239 e. The van der Waals surface area contributed by atoms with Crippen LogP contribution in [0.1, 0.15) is 6.42 Å². The number of rotatable bonds is 2. The average Bonchev–Trinajstić information content (AvgIpc) is 2.94. The molecule has 0 aliphatic carbocycles. The van der Waals surface area contributed by atoms with Crippen LogP contribution in [0, 0.1) is 5.82 Å². The third-order valence-electron chi connectivity index (χ3n) is 4.19. The number of anilines is 1. The van der Waals surface area contributed by atoms with E-state index < -0.39 is 6.10 Å². The lowest BCUT2D eigenvalue weighted by atomic mass is 10.1. The zero-order valence-corrected chi connectivity index (χ0v) is 11.8. The maximum absolute atomic E-state index is 13.8. The quantitative estimate of drug-likeness (QED) is 0.818. The fraction of sp³-hybridized carbons (Fsp3) is 0.533. The molecule has 1 amide bonds. The minimum absolute atomic E-state index is 0.0414. The summed E-state index contributed by atoms with van der Waals surface area (Å²) < 4.78 is 13.8. The number of carbonyl (C=O) groups is 1. The fourth-order valence-corrected chi connectivity index (χ4v) is 3.00. The summed E-state index contributed by atoms with van der Waals surface area (Å²) in [5.41, 5.74) is 0.596. The number of β-amino-alcohol motifs (C(OH)–C–C–N with tert-alkyl or cyclic N) is 1. The van der Waals surface area contributed by atoms with Gasteiger partial charge in [0.15, 0.2) is 0 Å². The number of hydrogen-bond donors (Lipinski definition) is 2. The Kier molecular flexibility index (Phi) is 4.07. The van der Waals surface area contributed by atoms with Gasteiger partial charge >= 0.3 is 0 Å². The van der Waals surface area contributed by atoms with Crippen LogP contribution in [0.5, 0.6) is 0 Å². The van der Waals surface area contributed by atoms with E-state index in [-0.39, 0.29) is 17.8 Å². The number of amides is 1. The van der Waals surface area contributed by atoms with Crippen LogP contribution in [-0.2, 0) is 4.79 Å². The van der Waals surface area contributed by atoms with Crippen LogP contribution in [0.25, 0.3) is 0 Å². The van der Waals surface area contributed by atoms with Crippen molar-refractivity contribution in [3.63, 3.8) is 0 Å². The van der Waals surface area contributed by atoms with Crippen LogP contribution >= 0.6 is 0 Å². The SMILES string of the molecule is O=C(C1CC(O)CN1)N1CCN(c2ccccc2F)CC1. The molecule has 6 heteroatoms. The Balaban J connectivity index is 1.58. The lowest BCUT2D eigenvalue weighted by molar-refractivity contribution is -0.133. The van der Waals surface area contributed by atoms with Gasteiger partial charge in [0.05, 0.1) is 17.8 Å². The van der Waals surface area contributed by atoms with Crippen LogP contribution in [0.2, 0.25) is 0 Å². The highest BCUT2D eigenvalue weighted by Gasteiger charge is 2.32. The van der Waals surface area contributed by atoms with Crippen molar-refractivity contribution in [3.05, 3.63) is 30.1 Å². The first-order chi connectivity index (χ1) is 10.1. The van der Waals surface area contributed by atoms with Gasteiger partial charge in [0, 0.05) is 32.7 Å². The second-order valence-electron chi connectivity index (χ2n) is 5.61. The van der Waals surface area contributed by atoms with E-state index in [0.29, 0.717) is 44.8 Å². The Bertz CT molecular complexity index is 517. The van der Waals surface area contributed by atoms with Crippen molar-refractivity contribution in [2.75, 3.05) is 37.6 Å². The lowest BCUT2D eigenvalue weighted by Gasteiger charge is -2.37. The predicted octanol–water partition coefficient (Wildman–Crippen LogP) is 0.197. The van der Waals surface area contributed by atoms with Crippen LogP contribution in [-0.4, -0.2) is 60.8 Å². The van der Waals surface area contributed by atoms with Crippen molar-refractivity contribution in [3.8, 4) is 0 Å². The molecule has 2 aliphatic rings. The first-order valence-corrected chi connectivity index (χ1v) is 7.35. The molecule has 0 aromatic heterocycles. The Morgan fingerprint density at radius 3 is 2.57 bits per heavy atom. The van der Waals surface area contributed by atoms with Crippen molar-refractivity contribution >= 4 is 11.6 Å². The fourth-order valence-electron chi connectivity index (χ4n) is 3.00. The molecule has 5 nitrogen and oxygen atoms in total. The van der Waals surface area contributed by atoms with Crippen molar-refractivity contribution in [2.45, 2.75) is 18.6 Å². The van der Waals surface area contributed by atoms with E-state index in [9.17, 15) is 14.3 Å². The van der Waals surface area contributed by atoms with Crippen LogP contribution in [0.3, 0.4) is 0 Å². The second kappa shape index (κ2) is 5.99. The number of aliphatic hydroxyl groups excluding tert-OH is 1. The standard InChI is InChI=1S/C15H20FN3O2/c16-12-3-1-2-4-14(12)18-5-7-19(8-6-18)15(21)13-9-11(20)10-17-13/h1-4,11,13,17,20H,5-10H2. The molecule has 0 radical (unpaired) electrons. The minimum atomic E-state index is -0.432. The molecule has 2 fully saturated rings. The van der Waals surface area contributed by atoms with E-state index in [1.165, 1.54) is 6.07 Å². The van der Waals surface area contributed by atoms with E-state index in [4.69, 9.17) is 0 Å². The van der Waals surface area contributed by atoms with Gasteiger partial charge in [-0.25, -0.2) is 4.39 Å². The summed E-state index contributed by atoms with van der Waals surface area (Å²) in [6, 6.07) is 6.44. The van der Waals surface area contributed by atoms with E-state index in [0.717, 1.165) is 0 Å². The summed E-state index contributed by atoms with van der Waals surface area (Å²) in [7, 11) is 0. The molecule has 0 spiro atoms. The van der Waals surface area contributed by atoms with Crippen molar-refractivity contribution in [2.24, 2.45) is 0 Å². The van der Waals surface area contributed by atoms with Gasteiger partial charge in [0.25, 0.3) is 0 Å². The van der Waals surface area contributed by atoms with Crippen molar-refractivity contribution in [1.29, 1.82) is 0 Å². The van der Waals surface area contributed by atoms with Crippen molar-refractivity contribution < 1.29 is 14.3 Å². The molecule has 114 valence electrons. The number of nitrogens with zero attached hydrogens (tertiary/aromatic N) is 2. The van der Waals surface area contributed by atoms with Gasteiger partial charge in [-0.05, 0) is 18.6 Å². The molecule has 2 aliphatic heterocycles. The van der Waals surface area contributed by atoms with E-state index in [1.807, 2.05) is 11.0 Å². The Morgan fingerprint density at radius 1 is 1.24 bits per heavy atom. The molecule has 1 aromatic carbocycles. The van der Waals surface area contributed by atoms with E-state index >= 15 is 0 Å². The summed E-state index contributed by atoms with van der Waals surface area (Å²) in [5.74, 6) is -0.183. The monoisotopic (exact) mass is 293 g/mol. The molecule has 21 heavy (non-hydrogen) atoms. The molecule has 2 N–H and O–H groups in total. The van der Waals surface area contributed by atoms with Gasteiger partial charge in [0.1, 0.15) is 5.82 Å². The number of hydrogen-bond acceptors (Lipinski definition) is 4. The molecule has 0 saturated carbocycles. The number of halogens is 1. The second-order valence-corrected chi connectivity index (χ2v) is 5.61. The highest BCUT2D eigenvalue weighted by molar-refractivity contribution is 5.82. The average molecular weight is 293 g/mol. The Hall–Kier alpha value is -1.66. The van der Waals surface area contributed by atoms with Gasteiger partial charge in [-0.3, -0.25) is 4.79 Å². The van der Waals surface area contributed by atoms with Crippen LogP contribution < -0.4 is 10.2 Å². The number of piperazine rings is 1. The highest BCUT2D eigenvalue weighted by Crippen LogP contribution is 2.20. The predicted molar refractivity (Wildman–Crippen MR) is 77.6 cm³/mol. The minimum Gasteiger partial charge on any atom is -0.392 e. The van der Waals surface area contributed by atoms with E-state index in [2.05, 4.69) is 5.32 Å². The van der Waals surface area contributed by atoms with Crippen LogP contribution in [0.15, 0.2) is 24.3 Å². The number of nitrogens with one attached hydrogen (secondary N) is 1. The molecule has 2 heterocycles. The third kappa shape index (κ3) is 3.01. The highest BCUT2D eigenvalue weighted by atomic mass is 19.1. The number of benzene rings is 1. The number of para-hydroxylation sites is 1. The number of aliphatic hydroxyl groups is 1. The summed E-state index contributed by atoms with van der Waals surface area (Å²) in [6.07, 6.45) is 0.0467. The number of carbonyl (C=O) groups excluding carboxylic acids is 1. The molecular weight excluding hydrogens is 273 g/mol. The largest absolute Gasteiger partial charge is 0.392 e. The topological polar surface area (TPSA) is 55.8 Å². The van der Waals surface area contributed by atoms with Gasteiger partial charge in [-0.1, -0.05) is 12.1 Å². The summed E-state index contributed by atoms with van der Waals surface area (Å²) in [5, 5.41) is 12.5. The van der Waals surface area contributed by atoms with E-state index in [1.54, 1.807) is 17.0 Å². The molecular formula is C15H20FN3O2. The summed E-state index contributed by atoms with van der Waals surface area (Å²) in [6.45, 7) is 2.90. The van der Waals surface area contributed by atoms with Gasteiger partial charge < -0.3 is 20.2 Å². The zero-order valence-electron chi connectivity index (χ0n) is 11.8. The maximum atomic E-state index is 13.8. The summed E-state index contributed by atoms with van der Waals surface area (Å²) >= 11 is 0. The summed E-state index contributed by atoms with van der Waals surface area (Å²) in [4.78, 5) is 16.1. The van der Waals surface area contributed by atoms with Crippen molar-refractivity contribution in [1.82, 2.24) is 10.2 Å². The molecule has 3 rings (SSSR count). The van der Waals surface area contributed by atoms with Gasteiger partial charge in [0.2, 0.25) is 5.91 Å². The van der Waals surface area contributed by atoms with Gasteiger partial charge in [-0.2, -0.15) is 0 Å². The van der Waals surface area contributed by atoms with Crippen LogP contribution in [0.4, 0.5) is 10.1 Å². The first kappa shape index (κ1) is 14.3. The zero-order chi connectivity index (χ0) is 14.8. The molecule has 2 unspecified atom stereocenters. The first-order valence-electron chi connectivity index (χ1n) is 7.35. The lowest BCUT2D eigenvalue weighted by Crippen LogP contribution is -2.53. The third-order valence-corrected chi connectivity index (χ3v) is 4.19. The molecule has 2 atom stereocenters. The Morgan fingerprint density at radius 2 is 1.95 bits per heavy atom. The molecule has 1 aromatic rings. The Labute approximate surface area is 123 Å². The molecule has 2 saturated heterocycles. The maximum Gasteiger partial charge on any atom is 0.239 e. The van der Waals surface area contributed by atoms with Gasteiger partial charge in [-0.15, -0.1) is 0 Å².